The fourth-order valence-corrected chi connectivity index (χ4v) is 16.2. The van der Waals surface area contributed by atoms with Crippen LogP contribution >= 0.6 is 0 Å². The number of hydrogen-bond acceptors (Lipinski definition) is 10. The normalized spacial score (nSPS) is 17.0. The molecular weight excluding hydrogens is 1220 g/mol. The number of halogens is 1. The lowest BCUT2D eigenvalue weighted by atomic mass is 9.93. The van der Waals surface area contributed by atoms with Crippen molar-refractivity contribution in [2.24, 2.45) is 0 Å². The van der Waals surface area contributed by atoms with Crippen molar-refractivity contribution in [3.05, 3.63) is 273 Å². The van der Waals surface area contributed by atoms with Crippen LogP contribution in [0.3, 0.4) is 0 Å². The Balaban J connectivity index is 0.000000190. The quantitative estimate of drug-likeness (QED) is 0.0649. The fourth-order valence-electron chi connectivity index (χ4n) is 13.3. The topological polar surface area (TPSA) is 210 Å². The molecule has 12 rings (SSSR count). The van der Waals surface area contributed by atoms with Crippen LogP contribution in [0, 0.1) is 5.82 Å². The van der Waals surface area contributed by atoms with Crippen LogP contribution in [0.5, 0.6) is 0 Å². The number of benzene rings is 8. The molecule has 0 saturated carbocycles. The molecule has 0 bridgehead atoms. The molecule has 0 aliphatic carbocycles. The maximum absolute atomic E-state index is 14.0. The summed E-state index contributed by atoms with van der Waals surface area (Å²) in [6.07, 6.45) is 2.29. The second-order valence-corrected chi connectivity index (χ2v) is 27.4. The van der Waals surface area contributed by atoms with E-state index in [1.807, 2.05) is 72.8 Å². The van der Waals surface area contributed by atoms with Gasteiger partial charge in [-0.25, -0.2) is 40.4 Å². The smallest absolute Gasteiger partial charge is 0.407 e. The molecule has 0 radical (unpaired) electrons. The van der Waals surface area contributed by atoms with Crippen molar-refractivity contribution in [3.8, 4) is 0 Å². The number of para-hydroxylation sites is 4. The van der Waals surface area contributed by atoms with Gasteiger partial charge >= 0.3 is 23.6 Å². The van der Waals surface area contributed by atoms with Crippen LogP contribution in [0.4, 0.5) is 14.0 Å². The zero-order valence-corrected chi connectivity index (χ0v) is 53.1. The van der Waals surface area contributed by atoms with Crippen LogP contribution in [-0.4, -0.2) is 114 Å². The average molecular weight is 1300 g/mol. The molecule has 2 aliphatic heterocycles. The van der Waals surface area contributed by atoms with Gasteiger partial charge in [-0.15, -0.1) is 0 Å². The lowest BCUT2D eigenvalue weighted by molar-refractivity contribution is 0.0844. The number of likely N-dealkylation sites (tertiary alicyclic amines) is 2. The van der Waals surface area contributed by atoms with Crippen molar-refractivity contribution in [2.75, 3.05) is 26.2 Å². The Morgan fingerprint density at radius 2 is 0.720 bits per heavy atom. The molecule has 2 N–H and O–H groups in total. The van der Waals surface area contributed by atoms with Gasteiger partial charge in [-0.1, -0.05) is 164 Å². The van der Waals surface area contributed by atoms with Crippen molar-refractivity contribution in [1.29, 1.82) is 0 Å². The standard InChI is InChI=1S/C36H37FN4O5S.C36H38N4O5S/c37-29-17-19-32(20-18-29)47(45,46)41-34-16-8-7-15-33(34)40(35(41)42)31-21-23-39(36(43)44)30(24-31)14-9-22-38(25-27-10-3-1-4-11-27)26-28-12-5-2-6-13-28;41-35-39(33-20-10-11-21-34(33)40(35)46(44,45)32-18-8-3-9-19-32)31-22-24-38(36(42)43)30(25-31)17-12-23-37(26-28-13-4-1-5-14-28)27-29-15-6-2-7-16-29/h1-8,10-13,15-20,30-31H,9,14,21-26H2,(H,43,44);1-11,13-16,18-21,30-31H,12,17,22-27H2,(H,42,43)/t2*30-,31?/m00/s1. The lowest BCUT2D eigenvalue weighted by Gasteiger charge is -2.38. The predicted molar refractivity (Wildman–Crippen MR) is 356 cm³/mol. The molecule has 2 aromatic heterocycles. The molecule has 2 amide bonds. The van der Waals surface area contributed by atoms with E-state index in [0.717, 1.165) is 84.3 Å². The Hall–Kier alpha value is -9.41. The lowest BCUT2D eigenvalue weighted by Crippen LogP contribution is -2.47. The molecule has 4 atom stereocenters. The zero-order chi connectivity index (χ0) is 65.1. The van der Waals surface area contributed by atoms with Crippen molar-refractivity contribution in [3.63, 3.8) is 0 Å². The molecule has 4 heterocycles. The highest BCUT2D eigenvalue weighted by molar-refractivity contribution is 7.90. The first-order valence-corrected chi connectivity index (χ1v) is 34.3. The third-order valence-corrected chi connectivity index (χ3v) is 21.1. The number of rotatable bonds is 22. The summed E-state index contributed by atoms with van der Waals surface area (Å²) in [6, 6.07) is 65.5. The monoisotopic (exact) mass is 1290 g/mol. The first kappa shape index (κ1) is 65.1. The van der Waals surface area contributed by atoms with Gasteiger partial charge in [0, 0.05) is 63.4 Å². The van der Waals surface area contributed by atoms with E-state index in [4.69, 9.17) is 0 Å². The summed E-state index contributed by atoms with van der Waals surface area (Å²) < 4.78 is 73.1. The summed E-state index contributed by atoms with van der Waals surface area (Å²) in [4.78, 5) is 60.1. The molecule has 21 heteroatoms. The van der Waals surface area contributed by atoms with Crippen LogP contribution in [0.15, 0.2) is 244 Å². The molecule has 18 nitrogen and oxygen atoms in total. The van der Waals surface area contributed by atoms with Gasteiger partial charge in [0.1, 0.15) is 5.82 Å². The van der Waals surface area contributed by atoms with Gasteiger partial charge in [0.25, 0.3) is 20.0 Å². The number of piperidine rings is 2. The molecule has 482 valence electrons. The van der Waals surface area contributed by atoms with E-state index in [1.165, 1.54) is 48.8 Å². The molecule has 2 unspecified atom stereocenters. The minimum atomic E-state index is -4.34. The Kier molecular flexibility index (Phi) is 20.6. The largest absolute Gasteiger partial charge is 0.465 e. The highest BCUT2D eigenvalue weighted by Gasteiger charge is 2.38. The second kappa shape index (κ2) is 29.5. The van der Waals surface area contributed by atoms with Crippen molar-refractivity contribution < 1.29 is 41.0 Å². The Morgan fingerprint density at radius 3 is 1.05 bits per heavy atom. The van der Waals surface area contributed by atoms with Crippen LogP contribution in [0.25, 0.3) is 22.1 Å². The van der Waals surface area contributed by atoms with Crippen LogP contribution in [0.1, 0.15) is 85.7 Å². The second-order valence-electron chi connectivity index (χ2n) is 23.9. The van der Waals surface area contributed by atoms with Crippen LogP contribution in [0.2, 0.25) is 0 Å². The maximum atomic E-state index is 14.0. The number of imidazole rings is 2. The van der Waals surface area contributed by atoms with E-state index in [0.29, 0.717) is 55.1 Å². The molecule has 2 aliphatic rings. The summed E-state index contributed by atoms with van der Waals surface area (Å²) in [6.45, 7) is 5.05. The minimum absolute atomic E-state index is 0.0362. The van der Waals surface area contributed by atoms with Gasteiger partial charge in [0.05, 0.1) is 31.9 Å². The first-order valence-electron chi connectivity index (χ1n) is 31.4. The summed E-state index contributed by atoms with van der Waals surface area (Å²) in [5, 5.41) is 20.2. The maximum Gasteiger partial charge on any atom is 0.407 e. The van der Waals surface area contributed by atoms with Gasteiger partial charge < -0.3 is 20.0 Å². The van der Waals surface area contributed by atoms with E-state index in [1.54, 1.807) is 71.3 Å². The number of fused-ring (bicyclic) bond motifs is 2. The van der Waals surface area contributed by atoms with E-state index >= 15 is 0 Å². The molecule has 2 saturated heterocycles. The van der Waals surface area contributed by atoms with Gasteiger partial charge in [-0.3, -0.25) is 18.9 Å². The van der Waals surface area contributed by atoms with Crippen molar-refractivity contribution in [1.82, 2.24) is 36.7 Å². The SMILES string of the molecule is O=C(O)N1CCC(n2c(=O)n(S(=O)(=O)c3ccc(F)cc3)c3ccccc32)C[C@@H]1CCCN(Cc1ccccc1)Cc1ccccc1.O=C(O)N1CCC(n2c(=O)n(S(=O)(=O)c3ccccc3)c3ccccc32)C[C@@H]1CCCN(Cc1ccccc1)Cc1ccccc1. The van der Waals surface area contributed by atoms with E-state index < -0.39 is 55.5 Å². The predicted octanol–water partition coefficient (Wildman–Crippen LogP) is 12.6. The number of aromatic nitrogens is 4. The Labute approximate surface area is 540 Å². The third kappa shape index (κ3) is 15.1. The molecule has 93 heavy (non-hydrogen) atoms. The third-order valence-electron chi connectivity index (χ3n) is 17.7. The number of hydrogen-bond donors (Lipinski definition) is 2. The van der Waals surface area contributed by atoms with Crippen molar-refractivity contribution >= 4 is 54.3 Å². The highest BCUT2D eigenvalue weighted by atomic mass is 32.2. The average Bonchev–Trinajstić information content (AvgIpc) is 1.60. The van der Waals surface area contributed by atoms with Gasteiger partial charge in [-0.05, 0) is 147 Å². The van der Waals surface area contributed by atoms with E-state index in [-0.39, 0.29) is 46.5 Å². The zero-order valence-electron chi connectivity index (χ0n) is 51.4. The molecule has 0 spiro atoms. The first-order chi connectivity index (χ1) is 45.0. The number of nitrogens with zero attached hydrogens (tertiary/aromatic N) is 8. The Morgan fingerprint density at radius 1 is 0.419 bits per heavy atom. The Bertz CT molecular complexity index is 4440. The molecular formula is C72H75FN8O10S2. The van der Waals surface area contributed by atoms with Crippen LogP contribution in [-0.2, 0) is 46.2 Å². The van der Waals surface area contributed by atoms with E-state index in [9.17, 15) is 50.6 Å². The summed E-state index contributed by atoms with van der Waals surface area (Å²) in [7, 11) is -8.49. The summed E-state index contributed by atoms with van der Waals surface area (Å²) in [5.74, 6) is -0.585. The van der Waals surface area contributed by atoms with Gasteiger partial charge in [-0.2, -0.15) is 7.94 Å². The number of carbonyl (C=O) groups is 2. The highest BCUT2D eigenvalue weighted by Crippen LogP contribution is 2.35. The summed E-state index contributed by atoms with van der Waals surface area (Å²) in [5.41, 5.74) is 4.97. The number of carboxylic acid groups (broad SMARTS) is 2. The number of amides is 2. The van der Waals surface area contributed by atoms with Gasteiger partial charge in [0.15, 0.2) is 0 Å². The van der Waals surface area contributed by atoms with E-state index in [2.05, 4.69) is 58.3 Å². The van der Waals surface area contributed by atoms with Gasteiger partial charge in [0.2, 0.25) is 0 Å². The molecule has 2 fully saturated rings. The van der Waals surface area contributed by atoms with Crippen LogP contribution < -0.4 is 11.4 Å². The fraction of sp³-hybridized carbons (Fsp3) is 0.278. The molecule has 8 aromatic carbocycles. The van der Waals surface area contributed by atoms with Crippen molar-refractivity contribution in [2.45, 2.75) is 112 Å². The molecule has 10 aromatic rings. The minimum Gasteiger partial charge on any atom is -0.465 e. The summed E-state index contributed by atoms with van der Waals surface area (Å²) >= 11 is 0.